The van der Waals surface area contributed by atoms with Gasteiger partial charge in [-0.15, -0.1) is 0 Å². The second-order valence-corrected chi connectivity index (χ2v) is 5.07. The van der Waals surface area contributed by atoms with Crippen LogP contribution in [0.4, 0.5) is 0 Å². The number of likely N-dealkylation sites (N-methyl/N-ethyl adjacent to an activating group) is 2. The average molecular weight is 302 g/mol. The fraction of sp³-hybridized carbons (Fsp3) is 0.333. The molecule has 22 heavy (non-hydrogen) atoms. The van der Waals surface area contributed by atoms with Crippen LogP contribution in [0.15, 0.2) is 29.3 Å². The molecule has 0 aliphatic heterocycles. The van der Waals surface area contributed by atoms with Crippen molar-refractivity contribution in [1.82, 2.24) is 19.8 Å². The third-order valence-corrected chi connectivity index (χ3v) is 3.45. The zero-order valence-electron chi connectivity index (χ0n) is 12.8. The molecule has 0 saturated heterocycles. The summed E-state index contributed by atoms with van der Waals surface area (Å²) in [5.74, 6) is -0.602. The first-order valence-electron chi connectivity index (χ1n) is 6.83. The maximum Gasteiger partial charge on any atom is 0.261 e. The molecule has 2 amide bonds. The normalized spacial score (nSPS) is 10.5. The molecule has 0 aliphatic carbocycles. The van der Waals surface area contributed by atoms with E-state index < -0.39 is 0 Å². The van der Waals surface area contributed by atoms with Gasteiger partial charge < -0.3 is 10.2 Å². The van der Waals surface area contributed by atoms with E-state index in [1.165, 1.54) is 29.9 Å². The first-order chi connectivity index (χ1) is 10.4. The van der Waals surface area contributed by atoms with Gasteiger partial charge in [0.1, 0.15) is 6.54 Å². The van der Waals surface area contributed by atoms with Crippen LogP contribution in [-0.2, 0) is 16.1 Å². The van der Waals surface area contributed by atoms with Crippen molar-refractivity contribution >= 4 is 22.7 Å². The van der Waals surface area contributed by atoms with Crippen LogP contribution in [0, 0.1) is 6.92 Å². The van der Waals surface area contributed by atoms with E-state index >= 15 is 0 Å². The number of benzene rings is 1. The third-order valence-electron chi connectivity index (χ3n) is 3.45. The highest BCUT2D eigenvalue weighted by Crippen LogP contribution is 2.11. The third kappa shape index (κ3) is 3.13. The van der Waals surface area contributed by atoms with Gasteiger partial charge in [-0.05, 0) is 18.6 Å². The van der Waals surface area contributed by atoms with Crippen LogP contribution in [0.1, 0.15) is 5.56 Å². The monoisotopic (exact) mass is 302 g/mol. The summed E-state index contributed by atoms with van der Waals surface area (Å²) in [6, 6.07) is 5.35. The Balaban J connectivity index is 2.25. The molecule has 0 bridgehead atoms. The highest BCUT2D eigenvalue weighted by molar-refractivity contribution is 5.85. The Morgan fingerprint density at radius 2 is 2.09 bits per heavy atom. The predicted octanol–water partition coefficient (Wildman–Crippen LogP) is -0.0907. The summed E-state index contributed by atoms with van der Waals surface area (Å²) in [5, 5.41) is 2.92. The number of amides is 2. The van der Waals surface area contributed by atoms with Gasteiger partial charge in [-0.3, -0.25) is 19.0 Å². The second kappa shape index (κ2) is 6.38. The lowest BCUT2D eigenvalue weighted by Crippen LogP contribution is -2.40. The van der Waals surface area contributed by atoms with Gasteiger partial charge in [0.15, 0.2) is 0 Å². The molecule has 0 aliphatic rings. The Labute approximate surface area is 127 Å². The zero-order valence-corrected chi connectivity index (χ0v) is 12.8. The van der Waals surface area contributed by atoms with Gasteiger partial charge in [0, 0.05) is 14.1 Å². The first-order valence-corrected chi connectivity index (χ1v) is 6.83. The number of hydrogen-bond donors (Lipinski definition) is 1. The van der Waals surface area contributed by atoms with Crippen molar-refractivity contribution in [2.45, 2.75) is 13.5 Å². The minimum absolute atomic E-state index is 0.0514. The highest BCUT2D eigenvalue weighted by atomic mass is 16.2. The standard InChI is InChI=1S/C15H18N4O3/c1-10-5-4-6-11-14(10)17-9-19(15(11)22)8-13(21)18(3)7-12(20)16-2/h4-6,9H,7-8H2,1-3H3,(H,16,20). The van der Waals surface area contributed by atoms with Gasteiger partial charge in [0.25, 0.3) is 5.56 Å². The largest absolute Gasteiger partial charge is 0.358 e. The maximum absolute atomic E-state index is 12.4. The van der Waals surface area contributed by atoms with E-state index in [1.807, 2.05) is 13.0 Å². The first kappa shape index (κ1) is 15.7. The number of fused-ring (bicyclic) bond motifs is 1. The van der Waals surface area contributed by atoms with E-state index in [0.717, 1.165) is 5.56 Å². The molecule has 1 aromatic carbocycles. The number of hydrogen-bond acceptors (Lipinski definition) is 4. The number of para-hydroxylation sites is 1. The number of aromatic nitrogens is 2. The van der Waals surface area contributed by atoms with Crippen LogP contribution in [0.2, 0.25) is 0 Å². The van der Waals surface area contributed by atoms with Gasteiger partial charge in [-0.25, -0.2) is 4.98 Å². The van der Waals surface area contributed by atoms with E-state index in [1.54, 1.807) is 12.1 Å². The van der Waals surface area contributed by atoms with Gasteiger partial charge in [0.2, 0.25) is 11.8 Å². The molecule has 0 radical (unpaired) electrons. The van der Waals surface area contributed by atoms with Gasteiger partial charge >= 0.3 is 0 Å². The van der Waals surface area contributed by atoms with E-state index in [4.69, 9.17) is 0 Å². The van der Waals surface area contributed by atoms with Crippen LogP contribution in [0.25, 0.3) is 10.9 Å². The summed E-state index contributed by atoms with van der Waals surface area (Å²) in [7, 11) is 3.02. The lowest BCUT2D eigenvalue weighted by atomic mass is 10.1. The molecule has 1 heterocycles. The Hall–Kier alpha value is -2.70. The molecule has 7 nitrogen and oxygen atoms in total. The van der Waals surface area contributed by atoms with Crippen LogP contribution in [0.5, 0.6) is 0 Å². The summed E-state index contributed by atoms with van der Waals surface area (Å²) >= 11 is 0. The second-order valence-electron chi connectivity index (χ2n) is 5.07. The van der Waals surface area contributed by atoms with E-state index in [-0.39, 0.29) is 30.5 Å². The van der Waals surface area contributed by atoms with E-state index in [0.29, 0.717) is 10.9 Å². The SMILES string of the molecule is CNC(=O)CN(C)C(=O)Cn1cnc2c(C)cccc2c1=O. The van der Waals surface area contributed by atoms with Crippen molar-refractivity contribution in [3.8, 4) is 0 Å². The van der Waals surface area contributed by atoms with E-state index in [2.05, 4.69) is 10.3 Å². The Kier molecular flexibility index (Phi) is 4.55. The number of nitrogens with one attached hydrogen (secondary N) is 1. The van der Waals surface area contributed by atoms with Crippen molar-refractivity contribution in [2.24, 2.45) is 0 Å². The number of aryl methyl sites for hydroxylation is 1. The lowest BCUT2D eigenvalue weighted by molar-refractivity contribution is -0.135. The van der Waals surface area contributed by atoms with Crippen molar-refractivity contribution < 1.29 is 9.59 Å². The average Bonchev–Trinajstić information content (AvgIpc) is 2.50. The van der Waals surface area contributed by atoms with Crippen molar-refractivity contribution in [3.63, 3.8) is 0 Å². The predicted molar refractivity (Wildman–Crippen MR) is 82.4 cm³/mol. The quantitative estimate of drug-likeness (QED) is 0.855. The number of rotatable bonds is 4. The number of carbonyl (C=O) groups is 2. The smallest absolute Gasteiger partial charge is 0.261 e. The van der Waals surface area contributed by atoms with Gasteiger partial charge in [0.05, 0.1) is 23.8 Å². The fourth-order valence-corrected chi connectivity index (χ4v) is 2.10. The Bertz CT molecular complexity index is 782. The van der Waals surface area contributed by atoms with Crippen molar-refractivity contribution in [3.05, 3.63) is 40.4 Å². The summed E-state index contributed by atoms with van der Waals surface area (Å²) in [6.07, 6.45) is 1.36. The number of nitrogens with zero attached hydrogens (tertiary/aromatic N) is 3. The molecule has 1 N–H and O–H groups in total. The van der Waals surface area contributed by atoms with Crippen LogP contribution >= 0.6 is 0 Å². The lowest BCUT2D eigenvalue weighted by Gasteiger charge is -2.16. The molecule has 1 aromatic heterocycles. The van der Waals surface area contributed by atoms with E-state index in [9.17, 15) is 14.4 Å². The molecule has 0 saturated carbocycles. The van der Waals surface area contributed by atoms with Crippen molar-refractivity contribution in [1.29, 1.82) is 0 Å². The summed E-state index contributed by atoms with van der Waals surface area (Å²) in [6.45, 7) is 1.68. The molecule has 2 aromatic rings. The summed E-state index contributed by atoms with van der Waals surface area (Å²) in [5.41, 5.74) is 1.27. The summed E-state index contributed by atoms with van der Waals surface area (Å²) in [4.78, 5) is 41.3. The molecule has 2 rings (SSSR count). The molecule has 0 fully saturated rings. The molecule has 0 unspecified atom stereocenters. The maximum atomic E-state index is 12.4. The highest BCUT2D eigenvalue weighted by Gasteiger charge is 2.14. The topological polar surface area (TPSA) is 84.3 Å². The summed E-state index contributed by atoms with van der Waals surface area (Å²) < 4.78 is 1.25. The zero-order chi connectivity index (χ0) is 16.3. The fourth-order valence-electron chi connectivity index (χ4n) is 2.10. The molecule has 116 valence electrons. The van der Waals surface area contributed by atoms with Gasteiger partial charge in [-0.1, -0.05) is 12.1 Å². The Morgan fingerprint density at radius 3 is 2.77 bits per heavy atom. The van der Waals surface area contributed by atoms with Gasteiger partial charge in [-0.2, -0.15) is 0 Å². The van der Waals surface area contributed by atoms with Crippen LogP contribution in [0.3, 0.4) is 0 Å². The van der Waals surface area contributed by atoms with Crippen molar-refractivity contribution in [2.75, 3.05) is 20.6 Å². The molecular weight excluding hydrogens is 284 g/mol. The number of carbonyl (C=O) groups excluding carboxylic acids is 2. The van der Waals surface area contributed by atoms with Crippen LogP contribution < -0.4 is 10.9 Å². The van der Waals surface area contributed by atoms with Crippen LogP contribution in [-0.4, -0.2) is 46.9 Å². The molecular formula is C15H18N4O3. The minimum Gasteiger partial charge on any atom is -0.358 e. The Morgan fingerprint density at radius 1 is 1.36 bits per heavy atom. The molecule has 0 spiro atoms. The molecule has 7 heteroatoms. The minimum atomic E-state index is -0.334. The molecule has 0 atom stereocenters.